The van der Waals surface area contributed by atoms with Gasteiger partial charge in [-0.05, 0) is 48.9 Å². The molecule has 2 amide bonds. The van der Waals surface area contributed by atoms with E-state index in [1.165, 1.54) is 15.5 Å². The molecule has 0 unspecified atom stereocenters. The normalized spacial score (nSPS) is 10.1. The average molecular weight is 325 g/mol. The van der Waals surface area contributed by atoms with E-state index in [1.807, 2.05) is 0 Å². The fraction of sp³-hybridized carbons (Fsp3) is 0.167. The molecule has 6 nitrogen and oxygen atoms in total. The van der Waals surface area contributed by atoms with Crippen molar-refractivity contribution < 1.29 is 9.59 Å². The number of aromatic nitrogens is 1. The number of anilines is 2. The predicted molar refractivity (Wildman–Crippen MR) is 94.4 cm³/mol. The third-order valence-corrected chi connectivity index (χ3v) is 3.74. The van der Waals surface area contributed by atoms with Gasteiger partial charge in [-0.1, -0.05) is 6.58 Å². The summed E-state index contributed by atoms with van der Waals surface area (Å²) in [5.41, 5.74) is 1.72. The molecular weight excluding hydrogens is 306 g/mol. The molecule has 0 saturated heterocycles. The summed E-state index contributed by atoms with van der Waals surface area (Å²) in [7, 11) is 3.24. The molecule has 0 aliphatic carbocycles. The standard InChI is InChI=1S/C18H19N3O3/c1-5-15(22)21(4)14-8-6-13(7-9-14)17(23)19-16-12(2)10-11-20(3)18(16)24/h5-11H,1H2,2-4H3,(H,19,23). The van der Waals surface area contributed by atoms with Gasteiger partial charge in [-0.3, -0.25) is 14.4 Å². The summed E-state index contributed by atoms with van der Waals surface area (Å²) in [5.74, 6) is -0.624. The molecule has 0 aliphatic rings. The van der Waals surface area contributed by atoms with E-state index in [2.05, 4.69) is 11.9 Å². The summed E-state index contributed by atoms with van der Waals surface area (Å²) in [5, 5.41) is 2.65. The van der Waals surface area contributed by atoms with Gasteiger partial charge in [0.2, 0.25) is 5.91 Å². The van der Waals surface area contributed by atoms with Gasteiger partial charge in [0.15, 0.2) is 0 Å². The van der Waals surface area contributed by atoms with Crippen LogP contribution in [-0.2, 0) is 11.8 Å². The van der Waals surface area contributed by atoms with E-state index in [0.29, 0.717) is 16.8 Å². The Balaban J connectivity index is 2.23. The molecule has 2 rings (SSSR count). The number of amides is 2. The molecule has 124 valence electrons. The van der Waals surface area contributed by atoms with Crippen molar-refractivity contribution in [2.45, 2.75) is 6.92 Å². The zero-order valence-electron chi connectivity index (χ0n) is 13.9. The minimum atomic E-state index is -0.384. The first-order valence-electron chi connectivity index (χ1n) is 7.33. The molecule has 1 N–H and O–H groups in total. The summed E-state index contributed by atoms with van der Waals surface area (Å²) in [6, 6.07) is 8.27. The molecule has 0 bridgehead atoms. The number of hydrogen-bond donors (Lipinski definition) is 1. The van der Waals surface area contributed by atoms with E-state index in [9.17, 15) is 14.4 Å². The van der Waals surface area contributed by atoms with Gasteiger partial charge in [-0.2, -0.15) is 0 Å². The molecule has 1 heterocycles. The van der Waals surface area contributed by atoms with Gasteiger partial charge < -0.3 is 14.8 Å². The minimum absolute atomic E-state index is 0.240. The summed E-state index contributed by atoms with van der Waals surface area (Å²) in [6.45, 7) is 5.20. The van der Waals surface area contributed by atoms with E-state index in [1.54, 1.807) is 57.5 Å². The molecule has 2 aromatic rings. The first-order chi connectivity index (χ1) is 11.3. The van der Waals surface area contributed by atoms with Gasteiger partial charge in [0.25, 0.3) is 11.5 Å². The van der Waals surface area contributed by atoms with Crippen molar-refractivity contribution in [2.75, 3.05) is 17.3 Å². The highest BCUT2D eigenvalue weighted by Crippen LogP contribution is 2.16. The van der Waals surface area contributed by atoms with Crippen LogP contribution in [0.3, 0.4) is 0 Å². The van der Waals surface area contributed by atoms with Gasteiger partial charge in [0, 0.05) is 31.5 Å². The molecule has 0 atom stereocenters. The Kier molecular flexibility index (Phi) is 4.99. The number of nitrogens with one attached hydrogen (secondary N) is 1. The molecular formula is C18H19N3O3. The molecule has 1 aromatic heterocycles. The molecule has 0 saturated carbocycles. The lowest BCUT2D eigenvalue weighted by molar-refractivity contribution is -0.113. The smallest absolute Gasteiger partial charge is 0.274 e. The van der Waals surface area contributed by atoms with Gasteiger partial charge in [0.1, 0.15) is 5.69 Å². The van der Waals surface area contributed by atoms with Crippen LogP contribution in [0.2, 0.25) is 0 Å². The summed E-state index contributed by atoms with van der Waals surface area (Å²) in [4.78, 5) is 37.4. The van der Waals surface area contributed by atoms with Crippen LogP contribution < -0.4 is 15.8 Å². The van der Waals surface area contributed by atoms with Gasteiger partial charge in [0.05, 0.1) is 0 Å². The maximum atomic E-state index is 12.3. The number of carbonyl (C=O) groups is 2. The third kappa shape index (κ3) is 3.43. The van der Waals surface area contributed by atoms with Gasteiger partial charge >= 0.3 is 0 Å². The average Bonchev–Trinajstić information content (AvgIpc) is 2.60. The molecule has 0 fully saturated rings. The second-order valence-corrected chi connectivity index (χ2v) is 5.39. The molecule has 24 heavy (non-hydrogen) atoms. The Bertz CT molecular complexity index is 851. The van der Waals surface area contributed by atoms with Crippen molar-refractivity contribution in [1.82, 2.24) is 4.57 Å². The van der Waals surface area contributed by atoms with Crippen LogP contribution in [0.4, 0.5) is 11.4 Å². The Morgan fingerprint density at radius 1 is 1.21 bits per heavy atom. The van der Waals surface area contributed by atoms with Crippen LogP contribution in [0.15, 0.2) is 54.0 Å². The maximum Gasteiger partial charge on any atom is 0.274 e. The highest BCUT2D eigenvalue weighted by Gasteiger charge is 2.13. The van der Waals surface area contributed by atoms with Crippen LogP contribution in [0.1, 0.15) is 15.9 Å². The lowest BCUT2D eigenvalue weighted by Crippen LogP contribution is -2.25. The number of rotatable bonds is 4. The van der Waals surface area contributed by atoms with E-state index < -0.39 is 0 Å². The van der Waals surface area contributed by atoms with Gasteiger partial charge in [-0.25, -0.2) is 0 Å². The predicted octanol–water partition coefficient (Wildman–Crippen LogP) is 2.09. The highest BCUT2D eigenvalue weighted by molar-refractivity contribution is 6.05. The topological polar surface area (TPSA) is 71.4 Å². The fourth-order valence-corrected chi connectivity index (χ4v) is 2.16. The number of pyridine rings is 1. The van der Waals surface area contributed by atoms with Crippen molar-refractivity contribution in [3.8, 4) is 0 Å². The highest BCUT2D eigenvalue weighted by atomic mass is 16.2. The van der Waals surface area contributed by atoms with Crippen LogP contribution in [-0.4, -0.2) is 23.4 Å². The second kappa shape index (κ2) is 6.95. The number of nitrogens with zero attached hydrogens (tertiary/aromatic N) is 2. The summed E-state index contributed by atoms with van der Waals surface area (Å²) in [6.07, 6.45) is 2.86. The summed E-state index contributed by atoms with van der Waals surface area (Å²) >= 11 is 0. The molecule has 0 aliphatic heterocycles. The Hall–Kier alpha value is -3.15. The van der Waals surface area contributed by atoms with E-state index >= 15 is 0 Å². The van der Waals surface area contributed by atoms with Crippen LogP contribution in [0.25, 0.3) is 0 Å². The molecule has 1 aromatic carbocycles. The number of carbonyl (C=O) groups excluding carboxylic acids is 2. The Morgan fingerprint density at radius 3 is 2.42 bits per heavy atom. The maximum absolute atomic E-state index is 12.3. The summed E-state index contributed by atoms with van der Waals surface area (Å²) < 4.78 is 1.40. The van der Waals surface area contributed by atoms with E-state index in [4.69, 9.17) is 0 Å². The number of benzene rings is 1. The molecule has 6 heteroatoms. The monoisotopic (exact) mass is 325 g/mol. The number of likely N-dealkylation sites (N-methyl/N-ethyl adjacent to an activating group) is 1. The molecule has 0 radical (unpaired) electrons. The lowest BCUT2D eigenvalue weighted by Gasteiger charge is -2.15. The zero-order valence-corrected chi connectivity index (χ0v) is 13.9. The second-order valence-electron chi connectivity index (χ2n) is 5.39. The zero-order chi connectivity index (χ0) is 17.9. The van der Waals surface area contributed by atoms with Crippen LogP contribution in [0.5, 0.6) is 0 Å². The van der Waals surface area contributed by atoms with Crippen LogP contribution in [0, 0.1) is 6.92 Å². The first kappa shape index (κ1) is 17.2. The van der Waals surface area contributed by atoms with Crippen molar-refractivity contribution in [3.05, 3.63) is 70.7 Å². The van der Waals surface area contributed by atoms with Crippen LogP contribution >= 0.6 is 0 Å². The van der Waals surface area contributed by atoms with E-state index in [-0.39, 0.29) is 23.1 Å². The SMILES string of the molecule is C=CC(=O)N(C)c1ccc(C(=O)Nc2c(C)ccn(C)c2=O)cc1. The van der Waals surface area contributed by atoms with Crippen molar-refractivity contribution in [1.29, 1.82) is 0 Å². The number of aryl methyl sites for hydroxylation is 2. The minimum Gasteiger partial charge on any atom is -0.317 e. The van der Waals surface area contributed by atoms with Gasteiger partial charge in [-0.15, -0.1) is 0 Å². The largest absolute Gasteiger partial charge is 0.317 e. The third-order valence-electron chi connectivity index (χ3n) is 3.74. The molecule has 0 spiro atoms. The number of hydrogen-bond acceptors (Lipinski definition) is 3. The van der Waals surface area contributed by atoms with Crippen molar-refractivity contribution >= 4 is 23.2 Å². The Labute approximate surface area is 140 Å². The van der Waals surface area contributed by atoms with Crippen molar-refractivity contribution in [3.63, 3.8) is 0 Å². The van der Waals surface area contributed by atoms with E-state index in [0.717, 1.165) is 0 Å². The lowest BCUT2D eigenvalue weighted by atomic mass is 10.1. The van der Waals surface area contributed by atoms with Crippen molar-refractivity contribution in [2.24, 2.45) is 7.05 Å². The fourth-order valence-electron chi connectivity index (χ4n) is 2.16. The quantitative estimate of drug-likeness (QED) is 0.875. The Morgan fingerprint density at radius 2 is 1.83 bits per heavy atom. The first-order valence-corrected chi connectivity index (χ1v) is 7.33.